The van der Waals surface area contributed by atoms with Gasteiger partial charge in [0, 0.05) is 11.6 Å². The fraction of sp³-hybridized carbons (Fsp3) is 0.0909. The van der Waals surface area contributed by atoms with Crippen LogP contribution in [-0.2, 0) is 0 Å². The Morgan fingerprint density at radius 2 is 2.00 bits per heavy atom. The molecule has 1 atom stereocenters. The maximum Gasteiger partial charge on any atom is 0.132 e. The standard InChI is InChI=1S/C11H7F2IOS/c12-7-1-2-8(9(13)4-7)11(15)6-3-10(14)16-5-6/h1-5,11,15H. The normalized spacial score (nSPS) is 12.8. The molecule has 0 bridgehead atoms. The first-order valence-corrected chi connectivity index (χ1v) is 6.40. The monoisotopic (exact) mass is 352 g/mol. The summed E-state index contributed by atoms with van der Waals surface area (Å²) in [5.41, 5.74) is 0.718. The maximum absolute atomic E-state index is 13.4. The van der Waals surface area contributed by atoms with Crippen LogP contribution in [-0.4, -0.2) is 5.11 Å². The van der Waals surface area contributed by atoms with E-state index in [1.165, 1.54) is 17.4 Å². The zero-order valence-corrected chi connectivity index (χ0v) is 10.9. The number of aliphatic hydroxyl groups is 1. The van der Waals surface area contributed by atoms with E-state index in [2.05, 4.69) is 22.6 Å². The molecule has 1 nitrogen and oxygen atoms in total. The minimum atomic E-state index is -1.04. The highest BCUT2D eigenvalue weighted by Gasteiger charge is 2.16. The maximum atomic E-state index is 13.4. The SMILES string of the molecule is OC(c1csc(I)c1)c1ccc(F)cc1F. The summed E-state index contributed by atoms with van der Waals surface area (Å²) in [7, 11) is 0. The van der Waals surface area contributed by atoms with E-state index in [-0.39, 0.29) is 5.56 Å². The lowest BCUT2D eigenvalue weighted by Gasteiger charge is -2.10. The second-order valence-corrected chi connectivity index (χ2v) is 6.06. The average Bonchev–Trinajstić information content (AvgIpc) is 2.64. The van der Waals surface area contributed by atoms with Crippen molar-refractivity contribution in [2.24, 2.45) is 0 Å². The third kappa shape index (κ3) is 2.41. The summed E-state index contributed by atoms with van der Waals surface area (Å²) >= 11 is 3.59. The van der Waals surface area contributed by atoms with Gasteiger partial charge in [0.15, 0.2) is 0 Å². The summed E-state index contributed by atoms with van der Waals surface area (Å²) in [5, 5.41) is 11.7. The number of hydrogen-bond donors (Lipinski definition) is 1. The van der Waals surface area contributed by atoms with E-state index in [0.717, 1.165) is 15.0 Å². The van der Waals surface area contributed by atoms with Crippen molar-refractivity contribution in [3.63, 3.8) is 0 Å². The molecule has 1 heterocycles. The van der Waals surface area contributed by atoms with E-state index >= 15 is 0 Å². The van der Waals surface area contributed by atoms with Crippen molar-refractivity contribution >= 4 is 33.9 Å². The lowest BCUT2D eigenvalue weighted by molar-refractivity contribution is 0.215. The Labute approximate surface area is 109 Å². The summed E-state index contributed by atoms with van der Waals surface area (Å²) < 4.78 is 27.1. The summed E-state index contributed by atoms with van der Waals surface area (Å²) in [6.07, 6.45) is -1.04. The first-order chi connectivity index (χ1) is 7.58. The summed E-state index contributed by atoms with van der Waals surface area (Å²) in [6, 6.07) is 4.95. The van der Waals surface area contributed by atoms with Gasteiger partial charge in [-0.15, -0.1) is 11.3 Å². The summed E-state index contributed by atoms with van der Waals surface area (Å²) in [6.45, 7) is 0. The molecule has 0 saturated heterocycles. The molecule has 5 heteroatoms. The highest BCUT2D eigenvalue weighted by Crippen LogP contribution is 2.28. The molecule has 0 saturated carbocycles. The molecule has 1 aromatic carbocycles. The van der Waals surface area contributed by atoms with Gasteiger partial charge in [0.1, 0.15) is 17.7 Å². The number of benzene rings is 1. The molecule has 2 aromatic rings. The molecule has 0 amide bonds. The van der Waals surface area contributed by atoms with E-state index < -0.39 is 17.7 Å². The third-order valence-corrected chi connectivity index (χ3v) is 3.97. The van der Waals surface area contributed by atoms with Crippen molar-refractivity contribution in [2.75, 3.05) is 0 Å². The van der Waals surface area contributed by atoms with Gasteiger partial charge < -0.3 is 5.11 Å². The minimum absolute atomic E-state index is 0.0931. The van der Waals surface area contributed by atoms with Crippen molar-refractivity contribution in [2.45, 2.75) is 6.10 Å². The molecule has 0 aliphatic carbocycles. The minimum Gasteiger partial charge on any atom is -0.384 e. The quantitative estimate of drug-likeness (QED) is 0.817. The van der Waals surface area contributed by atoms with Gasteiger partial charge in [-0.05, 0) is 45.7 Å². The van der Waals surface area contributed by atoms with Crippen molar-refractivity contribution in [3.8, 4) is 0 Å². The molecule has 1 unspecified atom stereocenters. The van der Waals surface area contributed by atoms with Crippen LogP contribution in [0.5, 0.6) is 0 Å². The smallest absolute Gasteiger partial charge is 0.132 e. The zero-order valence-electron chi connectivity index (χ0n) is 7.95. The molecule has 0 aliphatic rings. The molecule has 16 heavy (non-hydrogen) atoms. The van der Waals surface area contributed by atoms with Crippen molar-refractivity contribution in [1.82, 2.24) is 0 Å². The summed E-state index contributed by atoms with van der Waals surface area (Å²) in [4.78, 5) is 0. The highest BCUT2D eigenvalue weighted by atomic mass is 127. The van der Waals surface area contributed by atoms with Crippen LogP contribution < -0.4 is 0 Å². The number of thiophene rings is 1. The molecule has 0 spiro atoms. The molecule has 2 rings (SSSR count). The Balaban J connectivity index is 2.37. The van der Waals surface area contributed by atoms with E-state index in [4.69, 9.17) is 0 Å². The first-order valence-electron chi connectivity index (χ1n) is 4.45. The largest absolute Gasteiger partial charge is 0.384 e. The van der Waals surface area contributed by atoms with Gasteiger partial charge in [-0.1, -0.05) is 6.07 Å². The molecular formula is C11H7F2IOS. The number of hydrogen-bond acceptors (Lipinski definition) is 2. The number of halogens is 3. The zero-order chi connectivity index (χ0) is 11.7. The number of rotatable bonds is 2. The fourth-order valence-corrected chi connectivity index (χ4v) is 2.76. The van der Waals surface area contributed by atoms with E-state index in [1.807, 2.05) is 0 Å². The molecule has 1 aromatic heterocycles. The van der Waals surface area contributed by atoms with Crippen LogP contribution in [0, 0.1) is 14.5 Å². The van der Waals surface area contributed by atoms with Crippen LogP contribution in [0.3, 0.4) is 0 Å². The lowest BCUT2D eigenvalue weighted by atomic mass is 10.0. The van der Waals surface area contributed by atoms with Crippen LogP contribution in [0.4, 0.5) is 8.78 Å². The first kappa shape index (κ1) is 11.9. The second-order valence-electron chi connectivity index (χ2n) is 3.25. The molecule has 0 fully saturated rings. The van der Waals surface area contributed by atoms with Gasteiger partial charge in [-0.25, -0.2) is 8.78 Å². The Bertz CT molecular complexity index is 512. The van der Waals surface area contributed by atoms with Crippen molar-refractivity contribution in [3.05, 3.63) is 55.3 Å². The topological polar surface area (TPSA) is 20.2 Å². The molecule has 1 N–H and O–H groups in total. The Morgan fingerprint density at radius 3 is 2.56 bits per heavy atom. The van der Waals surface area contributed by atoms with Crippen molar-refractivity contribution < 1.29 is 13.9 Å². The van der Waals surface area contributed by atoms with E-state index in [1.54, 1.807) is 11.4 Å². The molecule has 0 aliphatic heterocycles. The Kier molecular flexibility index (Phi) is 3.56. The lowest BCUT2D eigenvalue weighted by Crippen LogP contribution is -2.01. The predicted molar refractivity (Wildman–Crippen MR) is 67.5 cm³/mol. The molecule has 84 valence electrons. The predicted octanol–water partition coefficient (Wildman–Crippen LogP) is 3.71. The van der Waals surface area contributed by atoms with Gasteiger partial charge in [-0.2, -0.15) is 0 Å². The second kappa shape index (κ2) is 4.77. The van der Waals surface area contributed by atoms with Crippen LogP contribution in [0.2, 0.25) is 0 Å². The van der Waals surface area contributed by atoms with Gasteiger partial charge in [0.2, 0.25) is 0 Å². The van der Waals surface area contributed by atoms with Gasteiger partial charge >= 0.3 is 0 Å². The van der Waals surface area contributed by atoms with E-state index in [0.29, 0.717) is 5.56 Å². The van der Waals surface area contributed by atoms with Gasteiger partial charge in [-0.3, -0.25) is 0 Å². The van der Waals surface area contributed by atoms with Crippen LogP contribution in [0.25, 0.3) is 0 Å². The number of aliphatic hydroxyl groups excluding tert-OH is 1. The van der Waals surface area contributed by atoms with Gasteiger partial charge in [0.05, 0.1) is 2.88 Å². The fourth-order valence-electron chi connectivity index (χ4n) is 1.37. The summed E-state index contributed by atoms with van der Waals surface area (Å²) in [5.74, 6) is -1.37. The average molecular weight is 352 g/mol. The molecule has 0 radical (unpaired) electrons. The van der Waals surface area contributed by atoms with Crippen molar-refractivity contribution in [1.29, 1.82) is 0 Å². The Hall–Kier alpha value is -0.530. The Morgan fingerprint density at radius 1 is 1.25 bits per heavy atom. The van der Waals surface area contributed by atoms with Crippen LogP contribution in [0.1, 0.15) is 17.2 Å². The van der Waals surface area contributed by atoms with Crippen LogP contribution >= 0.6 is 33.9 Å². The van der Waals surface area contributed by atoms with E-state index in [9.17, 15) is 13.9 Å². The third-order valence-electron chi connectivity index (χ3n) is 2.16. The molecular weight excluding hydrogens is 345 g/mol. The van der Waals surface area contributed by atoms with Gasteiger partial charge in [0.25, 0.3) is 0 Å². The van der Waals surface area contributed by atoms with Crippen LogP contribution in [0.15, 0.2) is 29.6 Å². The highest BCUT2D eigenvalue weighted by molar-refractivity contribution is 14.1.